The van der Waals surface area contributed by atoms with E-state index in [1.54, 1.807) is 6.20 Å². The van der Waals surface area contributed by atoms with Crippen molar-refractivity contribution >= 4 is 5.97 Å². The predicted octanol–water partition coefficient (Wildman–Crippen LogP) is 2.11. The van der Waals surface area contributed by atoms with E-state index in [2.05, 4.69) is 15.0 Å². The predicted molar refractivity (Wildman–Crippen MR) is 64.2 cm³/mol. The van der Waals surface area contributed by atoms with Crippen LogP contribution < -0.4 is 0 Å². The Morgan fingerprint density at radius 3 is 2.67 bits per heavy atom. The van der Waals surface area contributed by atoms with E-state index in [-0.39, 0.29) is 5.69 Å². The molecule has 0 saturated heterocycles. The zero-order valence-electron chi connectivity index (χ0n) is 9.58. The van der Waals surface area contributed by atoms with E-state index in [1.165, 1.54) is 25.2 Å². The molecule has 1 aliphatic rings. The van der Waals surface area contributed by atoms with Crippen molar-refractivity contribution < 1.29 is 9.90 Å². The Hall–Kier alpha value is -2.30. The van der Waals surface area contributed by atoms with E-state index >= 15 is 0 Å². The molecule has 1 aliphatic carbocycles. The number of carboxylic acids is 1. The summed E-state index contributed by atoms with van der Waals surface area (Å²) in [5, 5.41) is 8.88. The van der Waals surface area contributed by atoms with Crippen LogP contribution in [0, 0.1) is 0 Å². The molecule has 0 radical (unpaired) electrons. The number of nitrogens with zero attached hydrogens (tertiary/aromatic N) is 3. The van der Waals surface area contributed by atoms with E-state index in [0.29, 0.717) is 11.6 Å². The highest BCUT2D eigenvalue weighted by atomic mass is 16.4. The molecule has 0 atom stereocenters. The average molecular weight is 241 g/mol. The lowest BCUT2D eigenvalue weighted by Crippen LogP contribution is -2.01. The van der Waals surface area contributed by atoms with Crippen LogP contribution in [-0.2, 0) is 0 Å². The summed E-state index contributed by atoms with van der Waals surface area (Å²) in [6.07, 6.45) is 5.42. The number of pyridine rings is 1. The van der Waals surface area contributed by atoms with Crippen LogP contribution in [0.3, 0.4) is 0 Å². The smallest absolute Gasteiger partial charge is 0.354 e. The minimum absolute atomic E-state index is 0.00808. The van der Waals surface area contributed by atoms with Crippen molar-refractivity contribution in [2.24, 2.45) is 0 Å². The Kier molecular flexibility index (Phi) is 2.51. The summed E-state index contributed by atoms with van der Waals surface area (Å²) >= 11 is 0. The second kappa shape index (κ2) is 4.18. The Bertz CT molecular complexity index is 591. The van der Waals surface area contributed by atoms with Gasteiger partial charge in [0.2, 0.25) is 0 Å². The molecule has 1 fully saturated rings. The van der Waals surface area contributed by atoms with Crippen molar-refractivity contribution in [3.63, 3.8) is 0 Å². The fourth-order valence-electron chi connectivity index (χ4n) is 1.81. The average Bonchev–Trinajstić information content (AvgIpc) is 3.23. The summed E-state index contributed by atoms with van der Waals surface area (Å²) in [6, 6.07) is 5.36. The van der Waals surface area contributed by atoms with Crippen LogP contribution >= 0.6 is 0 Å². The molecule has 18 heavy (non-hydrogen) atoms. The molecule has 0 spiro atoms. The number of aromatic carboxylic acids is 1. The SMILES string of the molecule is O=C(O)c1cc(-c2ccc(C3CC3)nc2)ncn1. The van der Waals surface area contributed by atoms with Gasteiger partial charge in [-0.1, -0.05) is 0 Å². The fraction of sp³-hybridized carbons (Fsp3) is 0.231. The van der Waals surface area contributed by atoms with Crippen molar-refractivity contribution in [3.8, 4) is 11.3 Å². The molecule has 3 rings (SSSR count). The van der Waals surface area contributed by atoms with Gasteiger partial charge in [-0.3, -0.25) is 4.98 Å². The van der Waals surface area contributed by atoms with Crippen LogP contribution in [0.25, 0.3) is 11.3 Å². The second-order valence-electron chi connectivity index (χ2n) is 4.34. The molecule has 0 unspecified atom stereocenters. The molecule has 2 aromatic rings. The molecular formula is C13H11N3O2. The number of rotatable bonds is 3. The van der Waals surface area contributed by atoms with E-state index in [1.807, 2.05) is 12.1 Å². The normalized spacial score (nSPS) is 14.4. The fourth-order valence-corrected chi connectivity index (χ4v) is 1.81. The van der Waals surface area contributed by atoms with Gasteiger partial charge >= 0.3 is 5.97 Å². The molecule has 0 amide bonds. The van der Waals surface area contributed by atoms with E-state index in [4.69, 9.17) is 5.11 Å². The minimum Gasteiger partial charge on any atom is -0.477 e. The second-order valence-corrected chi connectivity index (χ2v) is 4.34. The summed E-state index contributed by atoms with van der Waals surface area (Å²) in [5.74, 6) is -0.444. The van der Waals surface area contributed by atoms with Crippen LogP contribution in [0.4, 0.5) is 0 Å². The van der Waals surface area contributed by atoms with Crippen LogP contribution in [0.2, 0.25) is 0 Å². The molecule has 1 N–H and O–H groups in total. The molecule has 5 nitrogen and oxygen atoms in total. The standard InChI is InChI=1S/C13H11N3O2/c17-13(18)12-5-11(15-7-16-12)9-3-4-10(14-6-9)8-1-2-8/h3-8H,1-2H2,(H,17,18). The summed E-state index contributed by atoms with van der Waals surface area (Å²) in [4.78, 5) is 23.0. The number of aromatic nitrogens is 3. The van der Waals surface area contributed by atoms with E-state index in [9.17, 15) is 4.79 Å². The van der Waals surface area contributed by atoms with E-state index in [0.717, 1.165) is 11.3 Å². The van der Waals surface area contributed by atoms with Gasteiger partial charge in [-0.05, 0) is 31.0 Å². The van der Waals surface area contributed by atoms with Gasteiger partial charge in [-0.25, -0.2) is 14.8 Å². The van der Waals surface area contributed by atoms with Crippen molar-refractivity contribution in [2.75, 3.05) is 0 Å². The largest absolute Gasteiger partial charge is 0.477 e. The highest BCUT2D eigenvalue weighted by Crippen LogP contribution is 2.39. The maximum atomic E-state index is 10.8. The Labute approximate surface area is 104 Å². The van der Waals surface area contributed by atoms with Gasteiger partial charge in [-0.2, -0.15) is 0 Å². The van der Waals surface area contributed by atoms with Crippen molar-refractivity contribution in [1.29, 1.82) is 0 Å². The zero-order valence-corrected chi connectivity index (χ0v) is 9.58. The third-order valence-electron chi connectivity index (χ3n) is 2.96. The third-order valence-corrected chi connectivity index (χ3v) is 2.96. The first-order valence-electron chi connectivity index (χ1n) is 5.76. The summed E-state index contributed by atoms with van der Waals surface area (Å²) < 4.78 is 0. The first kappa shape index (κ1) is 10.8. The number of hydrogen-bond acceptors (Lipinski definition) is 4. The van der Waals surface area contributed by atoms with Crippen LogP contribution in [0.5, 0.6) is 0 Å². The summed E-state index contributed by atoms with van der Waals surface area (Å²) in [6.45, 7) is 0. The quantitative estimate of drug-likeness (QED) is 0.890. The highest BCUT2D eigenvalue weighted by Gasteiger charge is 2.24. The Morgan fingerprint density at radius 1 is 1.22 bits per heavy atom. The first-order valence-corrected chi connectivity index (χ1v) is 5.76. The highest BCUT2D eigenvalue weighted by molar-refractivity contribution is 5.86. The first-order chi connectivity index (χ1) is 8.74. The van der Waals surface area contributed by atoms with Gasteiger partial charge in [0.15, 0.2) is 5.69 Å². The molecule has 0 bridgehead atoms. The van der Waals surface area contributed by atoms with Gasteiger partial charge in [-0.15, -0.1) is 0 Å². The van der Waals surface area contributed by atoms with Gasteiger partial charge in [0.25, 0.3) is 0 Å². The third kappa shape index (κ3) is 2.07. The molecule has 90 valence electrons. The van der Waals surface area contributed by atoms with Gasteiger partial charge in [0.1, 0.15) is 6.33 Å². The maximum Gasteiger partial charge on any atom is 0.354 e. The topological polar surface area (TPSA) is 76.0 Å². The Morgan fingerprint density at radius 2 is 2.06 bits per heavy atom. The summed E-state index contributed by atoms with van der Waals surface area (Å²) in [7, 11) is 0. The zero-order chi connectivity index (χ0) is 12.5. The van der Waals surface area contributed by atoms with Gasteiger partial charge in [0, 0.05) is 23.4 Å². The number of carbonyl (C=O) groups is 1. The molecule has 2 aromatic heterocycles. The van der Waals surface area contributed by atoms with Crippen LogP contribution in [0.15, 0.2) is 30.7 Å². The van der Waals surface area contributed by atoms with Gasteiger partial charge in [0.05, 0.1) is 5.69 Å². The van der Waals surface area contributed by atoms with Crippen molar-refractivity contribution in [2.45, 2.75) is 18.8 Å². The lowest BCUT2D eigenvalue weighted by molar-refractivity contribution is 0.0690. The molecule has 5 heteroatoms. The number of carboxylic acid groups (broad SMARTS) is 1. The molecule has 0 aromatic carbocycles. The van der Waals surface area contributed by atoms with Gasteiger partial charge < -0.3 is 5.11 Å². The molecule has 1 saturated carbocycles. The maximum absolute atomic E-state index is 10.8. The number of hydrogen-bond donors (Lipinski definition) is 1. The van der Waals surface area contributed by atoms with E-state index < -0.39 is 5.97 Å². The lowest BCUT2D eigenvalue weighted by Gasteiger charge is -2.02. The molecule has 0 aliphatic heterocycles. The van der Waals surface area contributed by atoms with Crippen molar-refractivity contribution in [3.05, 3.63) is 42.1 Å². The Balaban J connectivity index is 1.93. The monoisotopic (exact) mass is 241 g/mol. The van der Waals surface area contributed by atoms with Crippen LogP contribution in [0.1, 0.15) is 34.9 Å². The van der Waals surface area contributed by atoms with Crippen LogP contribution in [-0.4, -0.2) is 26.0 Å². The lowest BCUT2D eigenvalue weighted by atomic mass is 10.1. The minimum atomic E-state index is -1.05. The molecular weight excluding hydrogens is 230 g/mol. The summed E-state index contributed by atoms with van der Waals surface area (Å²) in [5.41, 5.74) is 2.49. The van der Waals surface area contributed by atoms with Crippen molar-refractivity contribution in [1.82, 2.24) is 15.0 Å². The molecule has 2 heterocycles.